The van der Waals surface area contributed by atoms with Crippen LogP contribution in [0.25, 0.3) is 0 Å². The maximum absolute atomic E-state index is 11.9. The van der Waals surface area contributed by atoms with Crippen molar-refractivity contribution < 1.29 is 4.79 Å². The molecule has 0 heterocycles. The van der Waals surface area contributed by atoms with E-state index in [1.54, 1.807) is 0 Å². The van der Waals surface area contributed by atoms with Crippen molar-refractivity contribution >= 4 is 44.9 Å². The summed E-state index contributed by atoms with van der Waals surface area (Å²) in [5, 5.41) is 9.71. The highest BCUT2D eigenvalue weighted by Gasteiger charge is 2.21. The normalized spacial score (nSPS) is 21.0. The molecule has 2 atom stereocenters. The van der Waals surface area contributed by atoms with Crippen molar-refractivity contribution in [2.24, 2.45) is 5.92 Å². The number of para-hydroxylation sites is 1. The number of carbonyl (C=O) groups is 1. The molecule has 0 aromatic heterocycles. The molecule has 1 saturated carbocycles. The third-order valence-electron chi connectivity index (χ3n) is 3.99. The van der Waals surface area contributed by atoms with Gasteiger partial charge in [0, 0.05) is 10.5 Å². The second kappa shape index (κ2) is 8.48. The summed E-state index contributed by atoms with van der Waals surface area (Å²) in [7, 11) is 0. The Morgan fingerprint density at radius 1 is 1.32 bits per heavy atom. The minimum Gasteiger partial charge on any atom is -0.360 e. The van der Waals surface area contributed by atoms with Crippen LogP contribution in [-0.4, -0.2) is 23.6 Å². The van der Waals surface area contributed by atoms with Gasteiger partial charge in [-0.15, -0.1) is 0 Å². The second-order valence-electron chi connectivity index (χ2n) is 5.72. The van der Waals surface area contributed by atoms with Gasteiger partial charge in [0.2, 0.25) is 5.91 Å². The number of carbonyl (C=O) groups excluding carboxylic acids is 1. The van der Waals surface area contributed by atoms with Crippen LogP contribution in [0, 0.1) is 5.92 Å². The maximum Gasteiger partial charge on any atom is 0.243 e. The van der Waals surface area contributed by atoms with Gasteiger partial charge in [0.25, 0.3) is 0 Å². The molecule has 4 nitrogen and oxygen atoms in total. The van der Waals surface area contributed by atoms with Crippen LogP contribution in [0.3, 0.4) is 0 Å². The van der Waals surface area contributed by atoms with Crippen LogP contribution in [0.2, 0.25) is 0 Å². The van der Waals surface area contributed by atoms with Gasteiger partial charge in [-0.2, -0.15) is 0 Å². The van der Waals surface area contributed by atoms with E-state index >= 15 is 0 Å². The molecule has 0 saturated heterocycles. The Labute approximate surface area is 145 Å². The van der Waals surface area contributed by atoms with Gasteiger partial charge < -0.3 is 16.0 Å². The topological polar surface area (TPSA) is 53.2 Å². The van der Waals surface area contributed by atoms with Crippen LogP contribution >= 0.6 is 28.1 Å². The van der Waals surface area contributed by atoms with Crippen LogP contribution in [0.15, 0.2) is 28.7 Å². The van der Waals surface area contributed by atoms with Crippen molar-refractivity contribution in [1.29, 1.82) is 0 Å². The summed E-state index contributed by atoms with van der Waals surface area (Å²) in [6.45, 7) is 2.41. The summed E-state index contributed by atoms with van der Waals surface area (Å²) in [6.07, 6.45) is 4.93. The van der Waals surface area contributed by atoms with E-state index in [9.17, 15) is 4.79 Å². The molecular weight excluding hydrogens is 362 g/mol. The minimum absolute atomic E-state index is 0.118. The lowest BCUT2D eigenvalue weighted by Crippen LogP contribution is -2.47. The molecule has 2 rings (SSSR count). The van der Waals surface area contributed by atoms with E-state index in [2.05, 4.69) is 38.8 Å². The summed E-state index contributed by atoms with van der Waals surface area (Å²) in [4.78, 5) is 11.9. The second-order valence-corrected chi connectivity index (χ2v) is 6.99. The van der Waals surface area contributed by atoms with E-state index in [4.69, 9.17) is 12.2 Å². The van der Waals surface area contributed by atoms with Crippen LogP contribution in [0.1, 0.15) is 32.6 Å². The van der Waals surface area contributed by atoms with Crippen LogP contribution in [0.4, 0.5) is 5.69 Å². The predicted molar refractivity (Wildman–Crippen MR) is 97.9 cm³/mol. The summed E-state index contributed by atoms with van der Waals surface area (Å²) < 4.78 is 0.861. The fourth-order valence-corrected chi connectivity index (χ4v) is 3.28. The predicted octanol–water partition coefficient (Wildman–Crippen LogP) is 3.43. The van der Waals surface area contributed by atoms with Gasteiger partial charge in [0.05, 0.1) is 12.2 Å². The smallest absolute Gasteiger partial charge is 0.243 e. The van der Waals surface area contributed by atoms with E-state index < -0.39 is 0 Å². The molecule has 1 amide bonds. The third kappa shape index (κ3) is 5.25. The molecule has 6 heteroatoms. The number of amides is 1. The quantitative estimate of drug-likeness (QED) is 0.697. The van der Waals surface area contributed by atoms with Gasteiger partial charge in [0.15, 0.2) is 5.11 Å². The first kappa shape index (κ1) is 17.2. The van der Waals surface area contributed by atoms with Gasteiger partial charge in [-0.1, -0.05) is 31.9 Å². The number of anilines is 1. The van der Waals surface area contributed by atoms with E-state index in [1.165, 1.54) is 19.3 Å². The van der Waals surface area contributed by atoms with Crippen molar-refractivity contribution in [3.8, 4) is 0 Å². The lowest BCUT2D eigenvalue weighted by Gasteiger charge is -2.30. The fourth-order valence-electron chi connectivity index (χ4n) is 2.67. The van der Waals surface area contributed by atoms with E-state index in [-0.39, 0.29) is 12.5 Å². The molecule has 1 aromatic rings. The summed E-state index contributed by atoms with van der Waals surface area (Å²) in [5.41, 5.74) is 0.758. The molecule has 0 aliphatic heterocycles. The number of halogens is 1. The largest absolute Gasteiger partial charge is 0.360 e. The molecule has 22 heavy (non-hydrogen) atoms. The molecule has 0 unspecified atom stereocenters. The highest BCUT2D eigenvalue weighted by molar-refractivity contribution is 9.10. The highest BCUT2D eigenvalue weighted by atomic mass is 79.9. The third-order valence-corrected chi connectivity index (χ3v) is 4.94. The van der Waals surface area contributed by atoms with Gasteiger partial charge in [-0.3, -0.25) is 4.79 Å². The Kier molecular flexibility index (Phi) is 6.64. The number of nitrogens with one attached hydrogen (secondary N) is 3. The Morgan fingerprint density at radius 3 is 2.77 bits per heavy atom. The minimum atomic E-state index is -0.118. The first-order chi connectivity index (χ1) is 10.6. The molecule has 3 N–H and O–H groups in total. The van der Waals surface area contributed by atoms with Gasteiger partial charge in [-0.25, -0.2) is 0 Å². The zero-order valence-corrected chi connectivity index (χ0v) is 15.1. The van der Waals surface area contributed by atoms with Crippen molar-refractivity contribution in [3.05, 3.63) is 28.7 Å². The number of benzene rings is 1. The monoisotopic (exact) mass is 383 g/mol. The van der Waals surface area contributed by atoms with Crippen molar-refractivity contribution in [2.75, 3.05) is 11.9 Å². The molecular formula is C16H22BrN3OS. The van der Waals surface area contributed by atoms with Crippen LogP contribution < -0.4 is 16.0 Å². The SMILES string of the molecule is C[C@@H]1CCCC[C@H]1NC(=S)NCC(=O)Nc1ccccc1Br. The molecule has 1 aliphatic rings. The summed E-state index contributed by atoms with van der Waals surface area (Å²) in [6, 6.07) is 7.94. The maximum atomic E-state index is 11.9. The Hall–Kier alpha value is -1.14. The lowest BCUT2D eigenvalue weighted by atomic mass is 9.86. The Bertz CT molecular complexity index is 538. The first-order valence-electron chi connectivity index (χ1n) is 7.65. The molecule has 120 valence electrons. The Morgan fingerprint density at radius 2 is 2.05 bits per heavy atom. The zero-order chi connectivity index (χ0) is 15.9. The van der Waals surface area contributed by atoms with Crippen LogP contribution in [0.5, 0.6) is 0 Å². The molecule has 1 fully saturated rings. The standard InChI is InChI=1S/C16H22BrN3OS/c1-11-6-2-4-8-13(11)20-16(22)18-10-15(21)19-14-9-5-3-7-12(14)17/h3,5,7,9,11,13H,2,4,6,8,10H2,1H3,(H,19,21)(H2,18,20,22)/t11-,13-/m1/s1. The average Bonchev–Trinajstić information content (AvgIpc) is 2.50. The summed E-state index contributed by atoms with van der Waals surface area (Å²) >= 11 is 8.69. The lowest BCUT2D eigenvalue weighted by molar-refractivity contribution is -0.115. The highest BCUT2D eigenvalue weighted by Crippen LogP contribution is 2.23. The van der Waals surface area contributed by atoms with Crippen molar-refractivity contribution in [1.82, 2.24) is 10.6 Å². The van der Waals surface area contributed by atoms with E-state index in [0.717, 1.165) is 16.6 Å². The van der Waals surface area contributed by atoms with Crippen molar-refractivity contribution in [2.45, 2.75) is 38.6 Å². The number of hydrogen-bond acceptors (Lipinski definition) is 2. The number of rotatable bonds is 4. The first-order valence-corrected chi connectivity index (χ1v) is 8.85. The van der Waals surface area contributed by atoms with Gasteiger partial charge in [0.1, 0.15) is 0 Å². The molecule has 1 aromatic carbocycles. The average molecular weight is 384 g/mol. The molecule has 0 bridgehead atoms. The zero-order valence-electron chi connectivity index (χ0n) is 12.7. The molecule has 0 spiro atoms. The number of hydrogen-bond donors (Lipinski definition) is 3. The van der Waals surface area contributed by atoms with E-state index in [1.807, 2.05) is 24.3 Å². The van der Waals surface area contributed by atoms with E-state index in [0.29, 0.717) is 17.1 Å². The van der Waals surface area contributed by atoms with Gasteiger partial charge in [-0.05, 0) is 59.0 Å². The fraction of sp³-hybridized carbons (Fsp3) is 0.500. The molecule has 1 aliphatic carbocycles. The molecule has 0 radical (unpaired) electrons. The Balaban J connectivity index is 1.74. The number of thiocarbonyl (C=S) groups is 1. The van der Waals surface area contributed by atoms with Crippen molar-refractivity contribution in [3.63, 3.8) is 0 Å². The van der Waals surface area contributed by atoms with Crippen LogP contribution in [-0.2, 0) is 4.79 Å². The van der Waals surface area contributed by atoms with Gasteiger partial charge >= 0.3 is 0 Å². The summed E-state index contributed by atoms with van der Waals surface area (Å²) in [5.74, 6) is 0.510.